The van der Waals surface area contributed by atoms with Gasteiger partial charge in [0, 0.05) is 17.6 Å². The topological polar surface area (TPSA) is 78.3 Å². The summed E-state index contributed by atoms with van der Waals surface area (Å²) in [5, 5.41) is 8.39. The maximum absolute atomic E-state index is 13.2. The monoisotopic (exact) mass is 408 g/mol. The van der Waals surface area contributed by atoms with E-state index in [9.17, 15) is 4.79 Å². The lowest BCUT2D eigenvalue weighted by atomic mass is 10.0. The number of hydrogen-bond donors (Lipinski definition) is 1. The number of nitrogens with one attached hydrogen (secondary N) is 1. The summed E-state index contributed by atoms with van der Waals surface area (Å²) in [6.07, 6.45) is 3.51. The molecule has 1 amide bonds. The van der Waals surface area contributed by atoms with Crippen LogP contribution >= 0.6 is 0 Å². The van der Waals surface area contributed by atoms with E-state index in [0.29, 0.717) is 35.9 Å². The van der Waals surface area contributed by atoms with Gasteiger partial charge in [0.1, 0.15) is 13.2 Å². The van der Waals surface area contributed by atoms with Gasteiger partial charge in [0.05, 0.1) is 22.8 Å². The minimum absolute atomic E-state index is 0.0989. The molecule has 0 bridgehead atoms. The molecule has 7 heteroatoms. The number of ether oxygens (including phenoxy) is 2. The van der Waals surface area contributed by atoms with Crippen LogP contribution in [0.2, 0.25) is 0 Å². The van der Waals surface area contributed by atoms with Gasteiger partial charge >= 0.3 is 0 Å². The smallest absolute Gasteiger partial charge is 0.252 e. The van der Waals surface area contributed by atoms with Crippen molar-refractivity contribution in [1.82, 2.24) is 20.1 Å². The average Bonchev–Trinajstić information content (AvgIpc) is 3.20. The lowest BCUT2D eigenvalue weighted by molar-refractivity contribution is 0.0936. The van der Waals surface area contributed by atoms with Crippen molar-refractivity contribution in [3.63, 3.8) is 0 Å². The summed E-state index contributed by atoms with van der Waals surface area (Å²) in [5.74, 6) is 1.32. The fraction of sp³-hybridized carbons (Fsp3) is 0.435. The van der Waals surface area contributed by atoms with Crippen molar-refractivity contribution < 1.29 is 14.3 Å². The van der Waals surface area contributed by atoms with Crippen molar-refractivity contribution >= 4 is 16.9 Å². The molecule has 4 rings (SSSR count). The number of amides is 1. The van der Waals surface area contributed by atoms with Gasteiger partial charge < -0.3 is 14.8 Å². The standard InChI is InChI=1S/C23H28N4O3/c1-5-16(6-2)25-23(28)17-12-19(26-22-18(17)13-24-27(22)14(3)4)15-7-8-20-21(11-15)30-10-9-29-20/h7-8,11-14,16H,5-6,9-10H2,1-4H3,(H,25,28). The molecule has 1 aromatic carbocycles. The Balaban J connectivity index is 1.84. The molecule has 0 aliphatic carbocycles. The summed E-state index contributed by atoms with van der Waals surface area (Å²) in [6, 6.07) is 7.86. The number of benzene rings is 1. The van der Waals surface area contributed by atoms with Gasteiger partial charge in [-0.3, -0.25) is 4.79 Å². The fourth-order valence-corrected chi connectivity index (χ4v) is 3.69. The zero-order valence-electron chi connectivity index (χ0n) is 17.9. The summed E-state index contributed by atoms with van der Waals surface area (Å²) in [6.45, 7) is 9.32. The Morgan fingerprint density at radius 3 is 2.57 bits per heavy atom. The van der Waals surface area contributed by atoms with E-state index in [1.807, 2.05) is 28.9 Å². The van der Waals surface area contributed by atoms with E-state index >= 15 is 0 Å². The van der Waals surface area contributed by atoms with Crippen LogP contribution in [-0.4, -0.2) is 39.9 Å². The number of pyridine rings is 1. The minimum atomic E-state index is -0.0989. The van der Waals surface area contributed by atoms with Gasteiger partial charge in [0.25, 0.3) is 5.91 Å². The molecule has 3 heterocycles. The van der Waals surface area contributed by atoms with Gasteiger partial charge in [-0.1, -0.05) is 13.8 Å². The fourth-order valence-electron chi connectivity index (χ4n) is 3.69. The van der Waals surface area contributed by atoms with Gasteiger partial charge in [0.2, 0.25) is 0 Å². The Hall–Kier alpha value is -3.09. The van der Waals surface area contributed by atoms with Crippen LogP contribution in [0.15, 0.2) is 30.5 Å². The zero-order chi connectivity index (χ0) is 21.3. The predicted molar refractivity (Wildman–Crippen MR) is 116 cm³/mol. The number of carbonyl (C=O) groups excluding carboxylic acids is 1. The van der Waals surface area contributed by atoms with Crippen LogP contribution in [0.5, 0.6) is 11.5 Å². The molecule has 7 nitrogen and oxygen atoms in total. The van der Waals surface area contributed by atoms with Gasteiger partial charge in [-0.25, -0.2) is 9.67 Å². The first-order chi connectivity index (χ1) is 14.5. The molecule has 0 spiro atoms. The SMILES string of the molecule is CCC(CC)NC(=O)c1cc(-c2ccc3c(c2)OCCO3)nc2c1cnn2C(C)C. The zero-order valence-corrected chi connectivity index (χ0v) is 17.9. The third-order valence-electron chi connectivity index (χ3n) is 5.46. The number of nitrogens with zero attached hydrogens (tertiary/aromatic N) is 3. The summed E-state index contributed by atoms with van der Waals surface area (Å²) >= 11 is 0. The van der Waals surface area contributed by atoms with Crippen LogP contribution in [0.1, 0.15) is 56.9 Å². The average molecular weight is 409 g/mol. The van der Waals surface area contributed by atoms with E-state index < -0.39 is 0 Å². The Kier molecular flexibility index (Phi) is 5.61. The second-order valence-electron chi connectivity index (χ2n) is 7.82. The summed E-state index contributed by atoms with van der Waals surface area (Å²) in [5.41, 5.74) is 2.86. The van der Waals surface area contributed by atoms with E-state index in [1.54, 1.807) is 6.20 Å². The molecule has 1 aliphatic heterocycles. The van der Waals surface area contributed by atoms with E-state index in [1.165, 1.54) is 0 Å². The Bertz CT molecular complexity index is 1070. The van der Waals surface area contributed by atoms with Gasteiger partial charge in [-0.2, -0.15) is 5.10 Å². The van der Waals surface area contributed by atoms with Crippen molar-refractivity contribution in [2.45, 2.75) is 52.6 Å². The molecule has 0 atom stereocenters. The summed E-state index contributed by atoms with van der Waals surface area (Å²) in [7, 11) is 0. The second-order valence-corrected chi connectivity index (χ2v) is 7.82. The largest absolute Gasteiger partial charge is 0.486 e. The highest BCUT2D eigenvalue weighted by Gasteiger charge is 2.21. The lowest BCUT2D eigenvalue weighted by Gasteiger charge is -2.19. The first kappa shape index (κ1) is 20.2. The van der Waals surface area contributed by atoms with Crippen LogP contribution in [0.4, 0.5) is 0 Å². The molecule has 30 heavy (non-hydrogen) atoms. The van der Waals surface area contributed by atoms with Gasteiger partial charge in [-0.05, 0) is 51.0 Å². The molecule has 3 aromatic rings. The van der Waals surface area contributed by atoms with Crippen molar-refractivity contribution in [2.24, 2.45) is 0 Å². The van der Waals surface area contributed by atoms with E-state index in [4.69, 9.17) is 14.5 Å². The highest BCUT2D eigenvalue weighted by atomic mass is 16.6. The van der Waals surface area contributed by atoms with Crippen LogP contribution in [-0.2, 0) is 0 Å². The third-order valence-corrected chi connectivity index (χ3v) is 5.46. The van der Waals surface area contributed by atoms with Crippen LogP contribution in [0, 0.1) is 0 Å². The summed E-state index contributed by atoms with van der Waals surface area (Å²) in [4.78, 5) is 18.0. The summed E-state index contributed by atoms with van der Waals surface area (Å²) < 4.78 is 13.2. The Labute approximate surface area is 176 Å². The van der Waals surface area contributed by atoms with Crippen molar-refractivity contribution in [3.8, 4) is 22.8 Å². The number of rotatable bonds is 6. The lowest BCUT2D eigenvalue weighted by Crippen LogP contribution is -2.34. The maximum atomic E-state index is 13.2. The first-order valence-electron chi connectivity index (χ1n) is 10.6. The van der Waals surface area contributed by atoms with Crippen LogP contribution in [0.25, 0.3) is 22.3 Å². The van der Waals surface area contributed by atoms with Gasteiger partial charge in [-0.15, -0.1) is 0 Å². The number of hydrogen-bond acceptors (Lipinski definition) is 5. The first-order valence-corrected chi connectivity index (χ1v) is 10.6. The molecule has 1 N–H and O–H groups in total. The molecule has 1 aliphatic rings. The van der Waals surface area contributed by atoms with Crippen LogP contribution < -0.4 is 14.8 Å². The van der Waals surface area contributed by atoms with Gasteiger partial charge in [0.15, 0.2) is 17.1 Å². The molecule has 0 saturated heterocycles. The highest BCUT2D eigenvalue weighted by Crippen LogP contribution is 2.35. The predicted octanol–water partition coefficient (Wildman–Crippen LogP) is 4.37. The van der Waals surface area contributed by atoms with Crippen molar-refractivity contribution in [1.29, 1.82) is 0 Å². The second kappa shape index (κ2) is 8.34. The Morgan fingerprint density at radius 1 is 1.13 bits per heavy atom. The van der Waals surface area contributed by atoms with E-state index in [2.05, 4.69) is 38.1 Å². The quantitative estimate of drug-likeness (QED) is 0.655. The molecular weight excluding hydrogens is 380 g/mol. The Morgan fingerprint density at radius 2 is 1.87 bits per heavy atom. The molecule has 158 valence electrons. The van der Waals surface area contributed by atoms with E-state index in [0.717, 1.165) is 29.5 Å². The normalized spacial score (nSPS) is 13.3. The molecule has 0 radical (unpaired) electrons. The number of aromatic nitrogens is 3. The van der Waals surface area contributed by atoms with E-state index in [-0.39, 0.29) is 18.0 Å². The molecule has 0 fully saturated rings. The molecular formula is C23H28N4O3. The molecule has 0 unspecified atom stereocenters. The highest BCUT2D eigenvalue weighted by molar-refractivity contribution is 6.06. The van der Waals surface area contributed by atoms with Crippen molar-refractivity contribution in [3.05, 3.63) is 36.0 Å². The minimum Gasteiger partial charge on any atom is -0.486 e. The maximum Gasteiger partial charge on any atom is 0.252 e. The van der Waals surface area contributed by atoms with Crippen molar-refractivity contribution in [2.75, 3.05) is 13.2 Å². The van der Waals surface area contributed by atoms with Crippen LogP contribution in [0.3, 0.4) is 0 Å². The molecule has 0 saturated carbocycles. The number of fused-ring (bicyclic) bond motifs is 2. The number of carbonyl (C=O) groups is 1. The molecule has 2 aromatic heterocycles. The third kappa shape index (κ3) is 3.72.